The van der Waals surface area contributed by atoms with Crippen LogP contribution in [0.15, 0.2) is 84.4 Å². The van der Waals surface area contributed by atoms with Gasteiger partial charge in [-0.15, -0.1) is 0 Å². The van der Waals surface area contributed by atoms with Gasteiger partial charge in [0.15, 0.2) is 0 Å². The van der Waals surface area contributed by atoms with E-state index in [0.29, 0.717) is 34.9 Å². The standard InChI is InChI=1S/C26H22ClNO4/c1-32-21-9-5-8-19(16-21)24(29)22-23(18-10-12-20(27)13-11-18)28(26(31)25(22)30)15-14-17-6-3-2-4-7-17/h2-13,16,23,29H,14-15H2,1H3/b24-22+. The molecule has 1 heterocycles. The summed E-state index contributed by atoms with van der Waals surface area (Å²) in [4.78, 5) is 27.6. The molecule has 6 heteroatoms. The normalized spacial score (nSPS) is 17.6. The van der Waals surface area contributed by atoms with Crippen molar-refractivity contribution < 1.29 is 19.4 Å². The summed E-state index contributed by atoms with van der Waals surface area (Å²) in [5, 5.41) is 11.7. The van der Waals surface area contributed by atoms with Gasteiger partial charge >= 0.3 is 0 Å². The maximum Gasteiger partial charge on any atom is 0.295 e. The third kappa shape index (κ3) is 4.25. The molecule has 1 saturated heterocycles. The number of hydrogen-bond donors (Lipinski definition) is 1. The van der Waals surface area contributed by atoms with E-state index < -0.39 is 17.7 Å². The van der Waals surface area contributed by atoms with Crippen LogP contribution >= 0.6 is 11.6 Å². The van der Waals surface area contributed by atoms with E-state index in [2.05, 4.69) is 0 Å². The van der Waals surface area contributed by atoms with Crippen LogP contribution in [0.25, 0.3) is 5.76 Å². The predicted molar refractivity (Wildman–Crippen MR) is 124 cm³/mol. The number of Topliss-reactive ketones (excluding diaryl/α,β-unsaturated/α-hetero) is 1. The Bertz CT molecular complexity index is 1170. The fraction of sp³-hybridized carbons (Fsp3) is 0.154. The van der Waals surface area contributed by atoms with Crippen molar-refractivity contribution >= 4 is 29.1 Å². The van der Waals surface area contributed by atoms with Crippen LogP contribution in [0.1, 0.15) is 22.7 Å². The van der Waals surface area contributed by atoms with E-state index >= 15 is 0 Å². The molecule has 0 aliphatic carbocycles. The zero-order valence-electron chi connectivity index (χ0n) is 17.5. The zero-order chi connectivity index (χ0) is 22.7. The van der Waals surface area contributed by atoms with Crippen molar-refractivity contribution in [2.24, 2.45) is 0 Å². The number of ketones is 1. The Morgan fingerprint density at radius 2 is 1.72 bits per heavy atom. The molecule has 3 aromatic carbocycles. The number of benzene rings is 3. The minimum Gasteiger partial charge on any atom is -0.507 e. The molecule has 1 fully saturated rings. The second-order valence-corrected chi connectivity index (χ2v) is 7.95. The highest BCUT2D eigenvalue weighted by Gasteiger charge is 2.45. The smallest absolute Gasteiger partial charge is 0.295 e. The third-order valence-corrected chi connectivity index (χ3v) is 5.81. The molecule has 32 heavy (non-hydrogen) atoms. The number of halogens is 1. The Hall–Kier alpha value is -3.57. The number of likely N-dealkylation sites (tertiary alicyclic amines) is 1. The molecule has 1 aliphatic heterocycles. The van der Waals surface area contributed by atoms with Gasteiger partial charge in [0, 0.05) is 17.1 Å². The molecule has 0 saturated carbocycles. The first kappa shape index (κ1) is 21.7. The van der Waals surface area contributed by atoms with E-state index in [1.54, 1.807) is 48.5 Å². The summed E-state index contributed by atoms with van der Waals surface area (Å²) in [5.74, 6) is -1.04. The maximum atomic E-state index is 13.1. The van der Waals surface area contributed by atoms with Gasteiger partial charge in [-0.05, 0) is 41.8 Å². The van der Waals surface area contributed by atoms with Gasteiger partial charge < -0.3 is 14.7 Å². The molecular weight excluding hydrogens is 426 g/mol. The number of ether oxygens (including phenoxy) is 1. The van der Waals surface area contributed by atoms with E-state index in [9.17, 15) is 14.7 Å². The number of carbonyl (C=O) groups is 2. The highest BCUT2D eigenvalue weighted by molar-refractivity contribution is 6.46. The lowest BCUT2D eigenvalue weighted by Crippen LogP contribution is -2.31. The lowest BCUT2D eigenvalue weighted by molar-refractivity contribution is -0.139. The largest absolute Gasteiger partial charge is 0.507 e. The molecule has 1 N–H and O–H groups in total. The van der Waals surface area contributed by atoms with Crippen molar-refractivity contribution in [1.29, 1.82) is 0 Å². The Labute approximate surface area is 191 Å². The summed E-state index contributed by atoms with van der Waals surface area (Å²) in [7, 11) is 1.52. The second kappa shape index (κ2) is 9.28. The number of amides is 1. The fourth-order valence-electron chi connectivity index (χ4n) is 3.92. The molecule has 162 valence electrons. The van der Waals surface area contributed by atoms with Crippen molar-refractivity contribution in [1.82, 2.24) is 4.90 Å². The second-order valence-electron chi connectivity index (χ2n) is 7.51. The molecule has 1 unspecified atom stereocenters. The van der Waals surface area contributed by atoms with Gasteiger partial charge in [0.2, 0.25) is 0 Å². The number of methoxy groups -OCH3 is 1. The first-order chi connectivity index (χ1) is 15.5. The summed E-state index contributed by atoms with van der Waals surface area (Å²) in [6, 6.07) is 22.8. The molecule has 1 atom stereocenters. The van der Waals surface area contributed by atoms with Crippen LogP contribution in [0, 0.1) is 0 Å². The summed E-state index contributed by atoms with van der Waals surface area (Å²) in [6.07, 6.45) is 0.581. The van der Waals surface area contributed by atoms with Crippen molar-refractivity contribution in [2.75, 3.05) is 13.7 Å². The van der Waals surface area contributed by atoms with Crippen LogP contribution < -0.4 is 4.74 Å². The van der Waals surface area contributed by atoms with Crippen LogP contribution in [-0.4, -0.2) is 35.4 Å². The molecule has 0 spiro atoms. The van der Waals surface area contributed by atoms with E-state index in [4.69, 9.17) is 16.3 Å². The number of aliphatic hydroxyl groups is 1. The van der Waals surface area contributed by atoms with Gasteiger partial charge in [-0.25, -0.2) is 0 Å². The van der Waals surface area contributed by atoms with Gasteiger partial charge in [-0.1, -0.05) is 66.2 Å². The minimum atomic E-state index is -0.720. The zero-order valence-corrected chi connectivity index (χ0v) is 18.3. The Morgan fingerprint density at radius 1 is 1.00 bits per heavy atom. The predicted octanol–water partition coefficient (Wildman–Crippen LogP) is 5.01. The fourth-order valence-corrected chi connectivity index (χ4v) is 4.05. The van der Waals surface area contributed by atoms with Gasteiger partial charge in [-0.2, -0.15) is 0 Å². The van der Waals surface area contributed by atoms with E-state index in [-0.39, 0.29) is 11.3 Å². The van der Waals surface area contributed by atoms with E-state index in [1.165, 1.54) is 12.0 Å². The van der Waals surface area contributed by atoms with E-state index in [0.717, 1.165) is 5.56 Å². The van der Waals surface area contributed by atoms with Crippen molar-refractivity contribution in [2.45, 2.75) is 12.5 Å². The average molecular weight is 448 g/mol. The number of nitrogens with zero attached hydrogens (tertiary/aromatic N) is 1. The minimum absolute atomic E-state index is 0.0543. The van der Waals surface area contributed by atoms with Gasteiger partial charge in [-0.3, -0.25) is 9.59 Å². The number of aliphatic hydroxyl groups excluding tert-OH is 1. The Morgan fingerprint density at radius 3 is 2.41 bits per heavy atom. The summed E-state index contributed by atoms with van der Waals surface area (Å²) in [5.41, 5.74) is 2.21. The topological polar surface area (TPSA) is 66.8 Å². The Kier molecular flexibility index (Phi) is 6.28. The molecule has 0 radical (unpaired) electrons. The molecule has 1 aliphatic rings. The van der Waals surface area contributed by atoms with Gasteiger partial charge in [0.1, 0.15) is 11.5 Å². The van der Waals surface area contributed by atoms with Gasteiger partial charge in [0.25, 0.3) is 11.7 Å². The van der Waals surface area contributed by atoms with Crippen LogP contribution in [-0.2, 0) is 16.0 Å². The number of hydrogen-bond acceptors (Lipinski definition) is 4. The average Bonchev–Trinajstić information content (AvgIpc) is 3.08. The monoisotopic (exact) mass is 447 g/mol. The highest BCUT2D eigenvalue weighted by atomic mass is 35.5. The van der Waals surface area contributed by atoms with Gasteiger partial charge in [0.05, 0.1) is 18.7 Å². The third-order valence-electron chi connectivity index (χ3n) is 5.55. The molecule has 0 aromatic heterocycles. The van der Waals surface area contributed by atoms with Crippen molar-refractivity contribution in [3.8, 4) is 5.75 Å². The molecule has 1 amide bonds. The maximum absolute atomic E-state index is 13.1. The van der Waals surface area contributed by atoms with Crippen molar-refractivity contribution in [3.63, 3.8) is 0 Å². The van der Waals surface area contributed by atoms with Crippen molar-refractivity contribution in [3.05, 3.63) is 106 Å². The first-order valence-corrected chi connectivity index (χ1v) is 10.6. The number of rotatable bonds is 6. The lowest BCUT2D eigenvalue weighted by Gasteiger charge is -2.25. The summed E-state index contributed by atoms with van der Waals surface area (Å²) in [6.45, 7) is 0.330. The van der Waals surface area contributed by atoms with Crippen LogP contribution in [0.4, 0.5) is 0 Å². The molecule has 4 rings (SSSR count). The number of carbonyl (C=O) groups excluding carboxylic acids is 2. The van der Waals surface area contributed by atoms with Crippen LogP contribution in [0.3, 0.4) is 0 Å². The molecule has 3 aromatic rings. The first-order valence-electron chi connectivity index (χ1n) is 10.2. The SMILES string of the molecule is COc1cccc(/C(O)=C2\C(=O)C(=O)N(CCc3ccccc3)C2c2ccc(Cl)cc2)c1. The van der Waals surface area contributed by atoms with Crippen LogP contribution in [0.2, 0.25) is 5.02 Å². The summed E-state index contributed by atoms with van der Waals surface area (Å²) < 4.78 is 5.24. The highest BCUT2D eigenvalue weighted by Crippen LogP contribution is 2.40. The summed E-state index contributed by atoms with van der Waals surface area (Å²) >= 11 is 6.06. The van der Waals surface area contributed by atoms with E-state index in [1.807, 2.05) is 30.3 Å². The van der Waals surface area contributed by atoms with Crippen LogP contribution in [0.5, 0.6) is 5.75 Å². The molecule has 0 bridgehead atoms. The molecule has 5 nitrogen and oxygen atoms in total. The molecular formula is C26H22ClNO4. The quantitative estimate of drug-likeness (QED) is 0.327. The lowest BCUT2D eigenvalue weighted by atomic mass is 9.95. The Balaban J connectivity index is 1.79.